The number of carbonyl (C=O) groups is 2. The minimum Gasteiger partial charge on any atom is -0.454 e. The average molecular weight is 576 g/mol. The number of amides is 2. The molecule has 0 aliphatic carbocycles. The largest absolute Gasteiger partial charge is 0.454 e. The van der Waals surface area contributed by atoms with E-state index in [4.69, 9.17) is 9.47 Å². The molecule has 0 N–H and O–H groups in total. The molecule has 2 aliphatic heterocycles. The van der Waals surface area contributed by atoms with E-state index in [-0.39, 0.29) is 24.6 Å². The zero-order valence-corrected chi connectivity index (χ0v) is 23.7. The van der Waals surface area contributed by atoms with E-state index < -0.39 is 0 Å². The van der Waals surface area contributed by atoms with Crippen LogP contribution >= 0.6 is 23.1 Å². The number of hydrogen-bond donors (Lipinski definition) is 0. The third-order valence-corrected chi connectivity index (χ3v) is 8.90. The number of rotatable bonds is 8. The predicted octanol–water partition coefficient (Wildman–Crippen LogP) is 4.97. The molecule has 2 aromatic carbocycles. The first-order valence-electron chi connectivity index (χ1n) is 13.2. The highest BCUT2D eigenvalue weighted by atomic mass is 32.2. The summed E-state index contributed by atoms with van der Waals surface area (Å²) in [7, 11) is 0. The van der Waals surface area contributed by atoms with Crippen LogP contribution in [0.5, 0.6) is 11.5 Å². The zero-order chi connectivity index (χ0) is 27.5. The number of nitrogens with zero attached hydrogens (tertiary/aromatic N) is 5. The smallest absolute Gasteiger partial charge is 0.254 e. The van der Waals surface area contributed by atoms with Gasteiger partial charge in [0.15, 0.2) is 22.5 Å². The average Bonchev–Trinajstić information content (AvgIpc) is 3.76. The van der Waals surface area contributed by atoms with Gasteiger partial charge in [-0.05, 0) is 55.1 Å². The Morgan fingerprint density at radius 3 is 2.67 bits per heavy atom. The first-order chi connectivity index (χ1) is 19.6. The van der Waals surface area contributed by atoms with E-state index in [0.29, 0.717) is 43.1 Å². The fourth-order valence-corrected chi connectivity index (χ4v) is 6.55. The fraction of sp³-hybridized carbons (Fsp3) is 0.310. The van der Waals surface area contributed by atoms with Crippen LogP contribution in [0, 0.1) is 0 Å². The number of ether oxygens (including phenoxy) is 2. The third-order valence-electron chi connectivity index (χ3n) is 7.02. The molecule has 2 aromatic heterocycles. The molecular weight excluding hydrogens is 546 g/mol. The molecule has 0 spiro atoms. The van der Waals surface area contributed by atoms with Crippen molar-refractivity contribution in [3.63, 3.8) is 0 Å². The van der Waals surface area contributed by atoms with E-state index in [9.17, 15) is 9.59 Å². The lowest BCUT2D eigenvalue weighted by Gasteiger charge is -2.40. The molecule has 1 atom stereocenters. The van der Waals surface area contributed by atoms with E-state index in [1.165, 1.54) is 0 Å². The van der Waals surface area contributed by atoms with Gasteiger partial charge < -0.3 is 19.3 Å². The molecule has 4 aromatic rings. The van der Waals surface area contributed by atoms with Crippen LogP contribution in [0.4, 0.5) is 0 Å². The summed E-state index contributed by atoms with van der Waals surface area (Å²) in [6.45, 7) is 3.71. The molecule has 206 valence electrons. The Kier molecular flexibility index (Phi) is 7.74. The van der Waals surface area contributed by atoms with Crippen molar-refractivity contribution in [3.8, 4) is 27.9 Å². The summed E-state index contributed by atoms with van der Waals surface area (Å²) < 4.78 is 12.8. The Morgan fingerprint density at radius 2 is 1.88 bits per heavy atom. The van der Waals surface area contributed by atoms with Crippen LogP contribution in [-0.4, -0.2) is 74.6 Å². The second kappa shape index (κ2) is 11.7. The van der Waals surface area contributed by atoms with Gasteiger partial charge in [0.1, 0.15) is 0 Å². The molecule has 40 heavy (non-hydrogen) atoms. The normalized spacial score (nSPS) is 16.4. The van der Waals surface area contributed by atoms with Crippen molar-refractivity contribution >= 4 is 34.9 Å². The first-order valence-corrected chi connectivity index (χ1v) is 15.1. The number of hydrogen-bond acceptors (Lipinski definition) is 8. The Morgan fingerprint density at radius 1 is 1.02 bits per heavy atom. The Labute approximate surface area is 240 Å². The van der Waals surface area contributed by atoms with Gasteiger partial charge in [0.25, 0.3) is 5.91 Å². The predicted molar refractivity (Wildman–Crippen MR) is 154 cm³/mol. The number of carbonyl (C=O) groups excluding carboxylic acids is 2. The van der Waals surface area contributed by atoms with Gasteiger partial charge in [0, 0.05) is 49.1 Å². The van der Waals surface area contributed by atoms with Crippen molar-refractivity contribution in [2.24, 2.45) is 0 Å². The van der Waals surface area contributed by atoms with Gasteiger partial charge in [0.05, 0.1) is 4.88 Å². The molecule has 0 saturated carbocycles. The lowest BCUT2D eigenvalue weighted by atomic mass is 10.1. The standard InChI is InChI=1S/C29H29N5O4S2/c1-20-18-32(13-14-33(20)28(36)21-11-12-23-24(17-21)38-19-37-23)26(35)10-6-16-40-29-31-30-27(25-9-5-15-39-25)34(29)22-7-3-2-4-8-22/h2-5,7-9,11-12,15,17,20H,6,10,13-14,16,18-19H2,1H3. The molecule has 0 radical (unpaired) electrons. The van der Waals surface area contributed by atoms with E-state index >= 15 is 0 Å². The number of para-hydroxylation sites is 1. The number of piperazine rings is 1. The van der Waals surface area contributed by atoms with E-state index in [2.05, 4.69) is 14.8 Å². The second-order valence-corrected chi connectivity index (χ2v) is 11.7. The van der Waals surface area contributed by atoms with E-state index in [1.807, 2.05) is 64.6 Å². The minimum absolute atomic E-state index is 0.0567. The van der Waals surface area contributed by atoms with Gasteiger partial charge in [-0.15, -0.1) is 21.5 Å². The number of aromatic nitrogens is 3. The zero-order valence-electron chi connectivity index (χ0n) is 22.1. The van der Waals surface area contributed by atoms with Gasteiger partial charge in [-0.3, -0.25) is 14.2 Å². The highest BCUT2D eigenvalue weighted by Gasteiger charge is 2.31. The van der Waals surface area contributed by atoms with Crippen LogP contribution in [0.25, 0.3) is 16.4 Å². The highest BCUT2D eigenvalue weighted by Crippen LogP contribution is 2.33. The summed E-state index contributed by atoms with van der Waals surface area (Å²) in [6.07, 6.45) is 1.18. The van der Waals surface area contributed by atoms with Gasteiger partial charge in [-0.1, -0.05) is 36.0 Å². The van der Waals surface area contributed by atoms with Crippen molar-refractivity contribution < 1.29 is 19.1 Å². The number of thiophene rings is 1. The molecular formula is C29H29N5O4S2. The molecule has 2 aliphatic rings. The summed E-state index contributed by atoms with van der Waals surface area (Å²) in [5, 5.41) is 11.8. The summed E-state index contributed by atoms with van der Waals surface area (Å²) in [5.74, 6) is 2.88. The Bertz CT molecular complexity index is 1490. The molecule has 1 unspecified atom stereocenters. The van der Waals surface area contributed by atoms with Crippen LogP contribution in [0.1, 0.15) is 30.1 Å². The third kappa shape index (κ3) is 5.44. The maximum Gasteiger partial charge on any atom is 0.254 e. The molecule has 2 amide bonds. The van der Waals surface area contributed by atoms with Crippen molar-refractivity contribution in [1.82, 2.24) is 24.6 Å². The lowest BCUT2D eigenvalue weighted by Crippen LogP contribution is -2.55. The molecule has 6 rings (SSSR count). The van der Waals surface area contributed by atoms with Crippen molar-refractivity contribution in [2.75, 3.05) is 32.2 Å². The lowest BCUT2D eigenvalue weighted by molar-refractivity contribution is -0.133. The Hall–Kier alpha value is -3.83. The maximum absolute atomic E-state index is 13.1. The topological polar surface area (TPSA) is 89.8 Å². The summed E-state index contributed by atoms with van der Waals surface area (Å²) in [6, 6.07) is 19.3. The molecule has 4 heterocycles. The van der Waals surface area contributed by atoms with Crippen LogP contribution in [0.2, 0.25) is 0 Å². The van der Waals surface area contributed by atoms with Gasteiger partial charge >= 0.3 is 0 Å². The summed E-state index contributed by atoms with van der Waals surface area (Å²) in [5.41, 5.74) is 1.58. The van der Waals surface area contributed by atoms with Crippen LogP contribution < -0.4 is 9.47 Å². The quantitative estimate of drug-likeness (QED) is 0.217. The fourth-order valence-electron chi connectivity index (χ4n) is 4.96. The molecule has 11 heteroatoms. The summed E-state index contributed by atoms with van der Waals surface area (Å²) in [4.78, 5) is 30.9. The van der Waals surface area contributed by atoms with Gasteiger partial charge in [-0.2, -0.15) is 0 Å². The monoisotopic (exact) mass is 575 g/mol. The van der Waals surface area contributed by atoms with E-state index in [1.54, 1.807) is 41.3 Å². The molecule has 9 nitrogen and oxygen atoms in total. The van der Waals surface area contributed by atoms with Crippen LogP contribution in [0.3, 0.4) is 0 Å². The number of thioether (sulfide) groups is 1. The minimum atomic E-state index is -0.0786. The van der Waals surface area contributed by atoms with E-state index in [0.717, 1.165) is 33.7 Å². The molecule has 1 saturated heterocycles. The number of benzene rings is 2. The second-order valence-electron chi connectivity index (χ2n) is 9.66. The number of fused-ring (bicyclic) bond motifs is 1. The first kappa shape index (κ1) is 26.4. The maximum atomic E-state index is 13.1. The molecule has 1 fully saturated rings. The summed E-state index contributed by atoms with van der Waals surface area (Å²) >= 11 is 3.24. The van der Waals surface area contributed by atoms with Gasteiger partial charge in [-0.25, -0.2) is 0 Å². The SMILES string of the molecule is CC1CN(C(=O)CCCSc2nnc(-c3cccs3)n2-c2ccccc2)CCN1C(=O)c1ccc2c(c1)OCO2. The van der Waals surface area contributed by atoms with Crippen LogP contribution in [-0.2, 0) is 4.79 Å². The van der Waals surface area contributed by atoms with Crippen molar-refractivity contribution in [2.45, 2.75) is 31.0 Å². The highest BCUT2D eigenvalue weighted by molar-refractivity contribution is 7.99. The van der Waals surface area contributed by atoms with Crippen LogP contribution in [0.15, 0.2) is 71.2 Å². The Balaban J connectivity index is 1.02. The van der Waals surface area contributed by atoms with Crippen molar-refractivity contribution in [1.29, 1.82) is 0 Å². The molecule has 0 bridgehead atoms. The van der Waals surface area contributed by atoms with Crippen molar-refractivity contribution in [3.05, 3.63) is 71.6 Å². The van der Waals surface area contributed by atoms with Gasteiger partial charge in [0.2, 0.25) is 12.7 Å².